The van der Waals surface area contributed by atoms with Gasteiger partial charge in [0, 0.05) is 25.8 Å². The highest BCUT2D eigenvalue weighted by atomic mass is 19.4. The fraction of sp³-hybridized carbons (Fsp3) is 0.364. The quantitative estimate of drug-likeness (QED) is 0.675. The highest BCUT2D eigenvalue weighted by Crippen LogP contribution is 2.27. The van der Waals surface area contributed by atoms with Gasteiger partial charge in [0.25, 0.3) is 6.20 Å². The highest BCUT2D eigenvalue weighted by Gasteiger charge is 2.32. The number of nitro groups is 1. The Labute approximate surface area is 112 Å². The molecule has 2 heterocycles. The number of hydrogen-bond donors (Lipinski definition) is 1. The topological polar surface area (TPSA) is 71.3 Å². The van der Waals surface area contributed by atoms with Crippen LogP contribution in [0.25, 0.3) is 0 Å². The van der Waals surface area contributed by atoms with Crippen LogP contribution in [0.3, 0.4) is 0 Å². The van der Waals surface area contributed by atoms with Gasteiger partial charge in [0.05, 0.1) is 4.92 Å². The van der Waals surface area contributed by atoms with Crippen molar-refractivity contribution in [3.63, 3.8) is 0 Å². The van der Waals surface area contributed by atoms with Crippen LogP contribution in [-0.2, 0) is 12.7 Å². The van der Waals surface area contributed by atoms with Crippen molar-refractivity contribution in [3.05, 3.63) is 51.7 Å². The van der Waals surface area contributed by atoms with Crippen LogP contribution in [-0.4, -0.2) is 27.9 Å². The van der Waals surface area contributed by atoms with Gasteiger partial charge in [-0.05, 0) is 11.6 Å². The van der Waals surface area contributed by atoms with Crippen LogP contribution in [0.2, 0.25) is 0 Å². The zero-order chi connectivity index (χ0) is 14.8. The lowest BCUT2D eigenvalue weighted by molar-refractivity contribution is -0.404. The van der Waals surface area contributed by atoms with E-state index in [1.165, 1.54) is 6.07 Å². The molecular weight excluding hydrogens is 277 g/mol. The molecule has 0 aliphatic carbocycles. The maximum Gasteiger partial charge on any atom is 0.433 e. The van der Waals surface area contributed by atoms with E-state index >= 15 is 0 Å². The Kier molecular flexibility index (Phi) is 3.77. The molecule has 0 saturated carbocycles. The van der Waals surface area contributed by atoms with E-state index in [2.05, 4.69) is 10.3 Å². The molecule has 108 valence electrons. The first-order chi connectivity index (χ1) is 9.36. The molecule has 0 spiro atoms. The maximum atomic E-state index is 12.4. The van der Waals surface area contributed by atoms with Crippen molar-refractivity contribution in [1.82, 2.24) is 15.2 Å². The first kappa shape index (κ1) is 14.1. The lowest BCUT2D eigenvalue weighted by atomic mass is 10.2. The van der Waals surface area contributed by atoms with Gasteiger partial charge in [-0.1, -0.05) is 6.07 Å². The molecule has 0 atom stereocenters. The zero-order valence-electron chi connectivity index (χ0n) is 10.2. The number of hydrogen-bond acceptors (Lipinski definition) is 5. The van der Waals surface area contributed by atoms with Crippen molar-refractivity contribution in [2.75, 3.05) is 13.1 Å². The smallest absolute Gasteiger partial charge is 0.365 e. The lowest BCUT2D eigenvalue weighted by Gasteiger charge is -2.17. The molecule has 0 radical (unpaired) electrons. The minimum Gasteiger partial charge on any atom is -0.365 e. The molecular formula is C11H11F3N4O2. The summed E-state index contributed by atoms with van der Waals surface area (Å²) in [7, 11) is 0. The van der Waals surface area contributed by atoms with Gasteiger partial charge in [0.1, 0.15) is 5.69 Å². The van der Waals surface area contributed by atoms with E-state index in [0.29, 0.717) is 24.5 Å². The lowest BCUT2D eigenvalue weighted by Crippen LogP contribution is -2.21. The molecule has 1 fully saturated rings. The van der Waals surface area contributed by atoms with E-state index in [-0.39, 0.29) is 6.54 Å². The summed E-state index contributed by atoms with van der Waals surface area (Å²) >= 11 is 0. The van der Waals surface area contributed by atoms with Crippen molar-refractivity contribution in [1.29, 1.82) is 0 Å². The Morgan fingerprint density at radius 1 is 1.50 bits per heavy atom. The molecule has 9 heteroatoms. The van der Waals surface area contributed by atoms with Crippen LogP contribution in [0.4, 0.5) is 13.2 Å². The van der Waals surface area contributed by atoms with Gasteiger partial charge >= 0.3 is 6.18 Å². The molecule has 0 aromatic carbocycles. The highest BCUT2D eigenvalue weighted by molar-refractivity contribution is 5.17. The summed E-state index contributed by atoms with van der Waals surface area (Å²) < 4.78 is 37.1. The summed E-state index contributed by atoms with van der Waals surface area (Å²) in [4.78, 5) is 14.9. The van der Waals surface area contributed by atoms with Crippen LogP contribution in [0.1, 0.15) is 11.3 Å². The summed E-state index contributed by atoms with van der Waals surface area (Å²) in [5, 5.41) is 13.3. The number of nitrogens with zero attached hydrogens (tertiary/aromatic N) is 3. The van der Waals surface area contributed by atoms with Crippen LogP contribution in [0.5, 0.6) is 0 Å². The average Bonchev–Trinajstić information content (AvgIpc) is 2.75. The zero-order valence-corrected chi connectivity index (χ0v) is 10.2. The SMILES string of the molecule is O=[N+]([O-])/C=C1\NCCN1Cc1ccc(C(F)(F)F)nc1. The number of alkyl halides is 3. The molecule has 1 N–H and O–H groups in total. The van der Waals surface area contributed by atoms with Gasteiger partial charge in [0.15, 0.2) is 5.82 Å². The van der Waals surface area contributed by atoms with Gasteiger partial charge in [-0.3, -0.25) is 15.1 Å². The predicted octanol–water partition coefficient (Wildman–Crippen LogP) is 1.58. The molecule has 1 aromatic heterocycles. The Bertz CT molecular complexity index is 527. The van der Waals surface area contributed by atoms with Crippen LogP contribution >= 0.6 is 0 Å². The normalized spacial score (nSPS) is 17.4. The van der Waals surface area contributed by atoms with Crippen molar-refractivity contribution >= 4 is 0 Å². The van der Waals surface area contributed by atoms with Gasteiger partial charge < -0.3 is 10.2 Å². The summed E-state index contributed by atoms with van der Waals surface area (Å²) in [5.41, 5.74) is -0.405. The second-order valence-electron chi connectivity index (χ2n) is 4.20. The molecule has 0 bridgehead atoms. The fourth-order valence-electron chi connectivity index (χ4n) is 1.85. The van der Waals surface area contributed by atoms with Gasteiger partial charge in [-0.15, -0.1) is 0 Å². The fourth-order valence-corrected chi connectivity index (χ4v) is 1.85. The summed E-state index contributed by atoms with van der Waals surface area (Å²) in [6.07, 6.45) is -2.50. The van der Waals surface area contributed by atoms with Gasteiger partial charge in [0.2, 0.25) is 0 Å². The first-order valence-electron chi connectivity index (χ1n) is 5.72. The second-order valence-corrected chi connectivity index (χ2v) is 4.20. The van der Waals surface area contributed by atoms with E-state index in [1.54, 1.807) is 4.90 Å². The molecule has 1 aliphatic heterocycles. The van der Waals surface area contributed by atoms with Crippen molar-refractivity contribution in [3.8, 4) is 0 Å². The van der Waals surface area contributed by atoms with E-state index in [1.807, 2.05) is 0 Å². The van der Waals surface area contributed by atoms with Crippen LogP contribution < -0.4 is 5.32 Å². The molecule has 6 nitrogen and oxygen atoms in total. The van der Waals surface area contributed by atoms with Gasteiger partial charge in [-0.25, -0.2) is 0 Å². The predicted molar refractivity (Wildman–Crippen MR) is 62.7 cm³/mol. The molecule has 0 amide bonds. The van der Waals surface area contributed by atoms with Crippen LogP contribution in [0.15, 0.2) is 30.4 Å². The Morgan fingerprint density at radius 2 is 2.25 bits per heavy atom. The number of aromatic nitrogens is 1. The van der Waals surface area contributed by atoms with E-state index in [4.69, 9.17) is 0 Å². The molecule has 0 unspecified atom stereocenters. The number of nitrogens with one attached hydrogen (secondary N) is 1. The molecule has 1 aliphatic rings. The third-order valence-corrected chi connectivity index (χ3v) is 2.74. The molecule has 1 aromatic rings. The minimum absolute atomic E-state index is 0.262. The second kappa shape index (κ2) is 5.35. The third kappa shape index (κ3) is 3.37. The van der Waals surface area contributed by atoms with Crippen molar-refractivity contribution in [2.24, 2.45) is 0 Å². The largest absolute Gasteiger partial charge is 0.433 e. The first-order valence-corrected chi connectivity index (χ1v) is 5.72. The number of halogens is 3. The third-order valence-electron chi connectivity index (χ3n) is 2.74. The molecule has 20 heavy (non-hydrogen) atoms. The summed E-state index contributed by atoms with van der Waals surface area (Å²) in [6.45, 7) is 1.35. The summed E-state index contributed by atoms with van der Waals surface area (Å²) in [5.74, 6) is 0.342. The Morgan fingerprint density at radius 3 is 2.80 bits per heavy atom. The summed E-state index contributed by atoms with van der Waals surface area (Å²) in [6, 6.07) is 2.22. The van der Waals surface area contributed by atoms with Gasteiger partial charge in [-0.2, -0.15) is 13.2 Å². The molecule has 1 saturated heterocycles. The van der Waals surface area contributed by atoms with E-state index < -0.39 is 16.8 Å². The van der Waals surface area contributed by atoms with Crippen molar-refractivity contribution in [2.45, 2.75) is 12.7 Å². The Hall–Kier alpha value is -2.32. The van der Waals surface area contributed by atoms with Crippen molar-refractivity contribution < 1.29 is 18.1 Å². The van der Waals surface area contributed by atoms with Crippen LogP contribution in [0, 0.1) is 10.1 Å². The monoisotopic (exact) mass is 288 g/mol. The number of rotatable bonds is 3. The van der Waals surface area contributed by atoms with E-state index in [0.717, 1.165) is 18.5 Å². The van der Waals surface area contributed by atoms with E-state index in [9.17, 15) is 23.3 Å². The minimum atomic E-state index is -4.47. The average molecular weight is 288 g/mol. The number of pyridine rings is 1. The Balaban J connectivity index is 2.08. The standard InChI is InChI=1S/C11H11F3N4O2/c12-11(13,14)9-2-1-8(5-16-9)6-17-4-3-15-10(17)7-18(19)20/h1-2,5,7,15H,3-4,6H2/b10-7+. The maximum absolute atomic E-state index is 12.4. The molecule has 2 rings (SSSR count).